The Labute approximate surface area is 120 Å². The third-order valence-electron chi connectivity index (χ3n) is 2.49. The molecule has 0 bridgehead atoms. The van der Waals surface area contributed by atoms with Gasteiger partial charge in [-0.2, -0.15) is 0 Å². The van der Waals surface area contributed by atoms with Gasteiger partial charge in [0.1, 0.15) is 18.1 Å². The van der Waals surface area contributed by atoms with Crippen LogP contribution in [0.3, 0.4) is 0 Å². The van der Waals surface area contributed by atoms with Crippen LogP contribution in [0.5, 0.6) is 11.5 Å². The van der Waals surface area contributed by atoms with Gasteiger partial charge in [-0.1, -0.05) is 6.07 Å². The smallest absolute Gasteiger partial charge is 0.328 e. The van der Waals surface area contributed by atoms with Gasteiger partial charge in [0.25, 0.3) is 0 Å². The molecule has 0 saturated heterocycles. The van der Waals surface area contributed by atoms with E-state index in [2.05, 4.69) is 0 Å². The van der Waals surface area contributed by atoms with Crippen LogP contribution in [0.4, 0.5) is 0 Å². The number of ether oxygens (including phenoxy) is 2. The Hall–Kier alpha value is -2.27. The minimum absolute atomic E-state index is 0.443. The van der Waals surface area contributed by atoms with Gasteiger partial charge >= 0.3 is 5.97 Å². The van der Waals surface area contributed by atoms with Crippen molar-refractivity contribution in [2.45, 2.75) is 6.61 Å². The minimum atomic E-state index is -0.951. The second-order valence-electron chi connectivity index (χ2n) is 3.94. The van der Waals surface area contributed by atoms with Crippen molar-refractivity contribution in [1.29, 1.82) is 0 Å². The average Bonchev–Trinajstić information content (AvgIpc) is 2.91. The van der Waals surface area contributed by atoms with Gasteiger partial charge in [0, 0.05) is 21.9 Å². The van der Waals surface area contributed by atoms with Gasteiger partial charge in [0.2, 0.25) is 0 Å². The number of hydrogen-bond acceptors (Lipinski definition) is 4. The molecule has 1 N–H and O–H groups in total. The van der Waals surface area contributed by atoms with E-state index in [1.807, 2.05) is 36.4 Å². The van der Waals surface area contributed by atoms with Crippen molar-refractivity contribution in [3.05, 3.63) is 52.2 Å². The molecule has 0 unspecified atom stereocenters. The Balaban J connectivity index is 1.95. The molecule has 0 aliphatic rings. The predicted molar refractivity (Wildman–Crippen MR) is 78.3 cm³/mol. The number of methoxy groups -OCH3 is 1. The lowest BCUT2D eigenvalue weighted by molar-refractivity contribution is -0.131. The zero-order valence-electron chi connectivity index (χ0n) is 10.9. The Morgan fingerprint density at radius 3 is 2.85 bits per heavy atom. The minimum Gasteiger partial charge on any atom is -0.497 e. The first kappa shape index (κ1) is 14.1. The van der Waals surface area contributed by atoms with Crippen molar-refractivity contribution < 1.29 is 19.4 Å². The molecule has 2 aromatic rings. The lowest BCUT2D eigenvalue weighted by Crippen LogP contribution is -1.93. The molecule has 0 fully saturated rings. The third-order valence-corrected chi connectivity index (χ3v) is 3.52. The van der Waals surface area contributed by atoms with Crippen LogP contribution in [0.15, 0.2) is 42.5 Å². The highest BCUT2D eigenvalue weighted by molar-refractivity contribution is 7.12. The molecular formula is C15H14O4S. The number of thiophene rings is 1. The first-order valence-electron chi connectivity index (χ1n) is 5.94. The molecule has 2 rings (SSSR count). The normalized spacial score (nSPS) is 10.7. The van der Waals surface area contributed by atoms with Crippen molar-refractivity contribution in [2.75, 3.05) is 7.11 Å². The zero-order chi connectivity index (χ0) is 14.4. The molecule has 104 valence electrons. The summed E-state index contributed by atoms with van der Waals surface area (Å²) in [6.45, 7) is 0.443. The molecule has 0 radical (unpaired) electrons. The van der Waals surface area contributed by atoms with Gasteiger partial charge in [-0.3, -0.25) is 0 Å². The quantitative estimate of drug-likeness (QED) is 0.828. The maximum absolute atomic E-state index is 10.4. The largest absolute Gasteiger partial charge is 0.497 e. The number of carboxylic acid groups (broad SMARTS) is 1. The van der Waals surface area contributed by atoms with Crippen LogP contribution < -0.4 is 9.47 Å². The van der Waals surface area contributed by atoms with E-state index < -0.39 is 5.97 Å². The summed E-state index contributed by atoms with van der Waals surface area (Å²) in [6, 6.07) is 11.2. The highest BCUT2D eigenvalue weighted by Gasteiger charge is 2.01. The maximum atomic E-state index is 10.4. The van der Waals surface area contributed by atoms with Crippen LogP contribution >= 0.6 is 11.3 Å². The number of carboxylic acids is 1. The molecule has 0 amide bonds. The van der Waals surface area contributed by atoms with Gasteiger partial charge in [0.05, 0.1) is 7.11 Å². The number of carbonyl (C=O) groups is 1. The fourth-order valence-corrected chi connectivity index (χ4v) is 2.39. The highest BCUT2D eigenvalue weighted by Crippen LogP contribution is 2.23. The SMILES string of the molecule is COc1cccc(OCc2ccc(C=CC(=O)O)s2)c1. The van der Waals surface area contributed by atoms with Crippen molar-refractivity contribution in [1.82, 2.24) is 0 Å². The highest BCUT2D eigenvalue weighted by atomic mass is 32.1. The number of benzene rings is 1. The fourth-order valence-electron chi connectivity index (χ4n) is 1.56. The first-order valence-corrected chi connectivity index (χ1v) is 6.75. The molecule has 5 heteroatoms. The number of aliphatic carboxylic acids is 1. The van der Waals surface area contributed by atoms with Crippen molar-refractivity contribution >= 4 is 23.4 Å². The van der Waals surface area contributed by atoms with E-state index in [1.54, 1.807) is 13.2 Å². The molecule has 0 saturated carbocycles. The summed E-state index contributed by atoms with van der Waals surface area (Å²) in [4.78, 5) is 12.3. The molecule has 0 aliphatic heterocycles. The molecular weight excluding hydrogens is 276 g/mol. The zero-order valence-corrected chi connectivity index (χ0v) is 11.7. The standard InChI is InChI=1S/C15H14O4S/c1-18-11-3-2-4-12(9-11)19-10-14-6-5-13(20-14)7-8-15(16)17/h2-9H,10H2,1H3,(H,16,17). The topological polar surface area (TPSA) is 55.8 Å². The Morgan fingerprint density at radius 1 is 1.30 bits per heavy atom. The van der Waals surface area contributed by atoms with Crippen LogP contribution in [-0.4, -0.2) is 18.2 Å². The summed E-state index contributed by atoms with van der Waals surface area (Å²) in [5, 5.41) is 8.56. The molecule has 4 nitrogen and oxygen atoms in total. The van der Waals surface area contributed by atoms with Crippen LogP contribution in [0.25, 0.3) is 6.08 Å². The van der Waals surface area contributed by atoms with Crippen LogP contribution in [0.2, 0.25) is 0 Å². The summed E-state index contributed by atoms with van der Waals surface area (Å²) >= 11 is 1.50. The van der Waals surface area contributed by atoms with E-state index >= 15 is 0 Å². The maximum Gasteiger partial charge on any atom is 0.328 e. The average molecular weight is 290 g/mol. The van der Waals surface area contributed by atoms with Crippen molar-refractivity contribution in [3.63, 3.8) is 0 Å². The van der Waals surface area contributed by atoms with E-state index in [-0.39, 0.29) is 0 Å². The fraction of sp³-hybridized carbons (Fsp3) is 0.133. The lowest BCUT2D eigenvalue weighted by Gasteiger charge is -2.06. The van der Waals surface area contributed by atoms with Gasteiger partial charge in [-0.25, -0.2) is 4.79 Å². The van der Waals surface area contributed by atoms with Gasteiger partial charge < -0.3 is 14.6 Å². The second-order valence-corrected chi connectivity index (χ2v) is 5.14. The number of hydrogen-bond donors (Lipinski definition) is 1. The molecule has 0 atom stereocenters. The summed E-state index contributed by atoms with van der Waals surface area (Å²) < 4.78 is 10.8. The van der Waals surface area contributed by atoms with Crippen LogP contribution in [0.1, 0.15) is 9.75 Å². The van der Waals surface area contributed by atoms with Crippen molar-refractivity contribution in [2.24, 2.45) is 0 Å². The van der Waals surface area contributed by atoms with E-state index in [0.717, 1.165) is 27.3 Å². The monoisotopic (exact) mass is 290 g/mol. The predicted octanol–water partition coefficient (Wildman–Crippen LogP) is 3.43. The third kappa shape index (κ3) is 4.13. The first-order chi connectivity index (χ1) is 9.67. The molecule has 0 aliphatic carbocycles. The van der Waals surface area contributed by atoms with E-state index in [4.69, 9.17) is 14.6 Å². The molecule has 0 spiro atoms. The van der Waals surface area contributed by atoms with Gasteiger partial charge in [-0.15, -0.1) is 11.3 Å². The van der Waals surface area contributed by atoms with E-state index in [9.17, 15) is 4.79 Å². The van der Waals surface area contributed by atoms with Crippen LogP contribution in [0, 0.1) is 0 Å². The summed E-state index contributed by atoms with van der Waals surface area (Å²) in [5.74, 6) is 0.534. The van der Waals surface area contributed by atoms with E-state index in [1.165, 1.54) is 11.3 Å². The Bertz CT molecular complexity index is 616. The Morgan fingerprint density at radius 2 is 2.10 bits per heavy atom. The molecule has 1 aromatic carbocycles. The molecule has 1 aromatic heterocycles. The summed E-state index contributed by atoms with van der Waals surface area (Å²) in [7, 11) is 1.61. The summed E-state index contributed by atoms with van der Waals surface area (Å²) in [5.41, 5.74) is 0. The van der Waals surface area contributed by atoms with Crippen molar-refractivity contribution in [3.8, 4) is 11.5 Å². The molecule has 20 heavy (non-hydrogen) atoms. The van der Waals surface area contributed by atoms with E-state index in [0.29, 0.717) is 6.61 Å². The lowest BCUT2D eigenvalue weighted by atomic mass is 10.3. The number of rotatable bonds is 6. The summed E-state index contributed by atoms with van der Waals surface area (Å²) in [6.07, 6.45) is 2.70. The van der Waals surface area contributed by atoms with Crippen LogP contribution in [-0.2, 0) is 11.4 Å². The second kappa shape index (κ2) is 6.77. The van der Waals surface area contributed by atoms with Gasteiger partial charge in [0.15, 0.2) is 0 Å². The van der Waals surface area contributed by atoms with Gasteiger partial charge in [-0.05, 0) is 30.3 Å². The Kier molecular flexibility index (Phi) is 4.79. The molecule has 1 heterocycles.